The zero-order valence-electron chi connectivity index (χ0n) is 4.50. The maximum atomic E-state index is 2.64. The van der Waals surface area contributed by atoms with Crippen LogP contribution in [0.25, 0.3) is 0 Å². The Morgan fingerprint density at radius 3 is 1.43 bits per heavy atom. The molecule has 0 heterocycles. The van der Waals surface area contributed by atoms with Crippen molar-refractivity contribution in [2.45, 2.75) is 0 Å². The van der Waals surface area contributed by atoms with Crippen molar-refractivity contribution < 1.29 is 0 Å². The van der Waals surface area contributed by atoms with Crippen LogP contribution in [0.5, 0.6) is 0 Å². The lowest BCUT2D eigenvalue weighted by molar-refractivity contribution is 0.358. The average Bonchev–Trinajstić information content (AvgIpc) is 1.69. The Labute approximate surface area is 42.7 Å². The molecule has 0 radical (unpaired) electrons. The normalized spacial score (nSPS) is 9.43. The van der Waals surface area contributed by atoms with E-state index in [9.17, 15) is 0 Å². The second kappa shape index (κ2) is 5.80. The highest BCUT2D eigenvalue weighted by Gasteiger charge is 1.67. The summed E-state index contributed by atoms with van der Waals surface area (Å²) < 4.78 is 0. The van der Waals surface area contributed by atoms with Gasteiger partial charge in [0, 0.05) is 0 Å². The van der Waals surface area contributed by atoms with Crippen molar-refractivity contribution in [3.8, 4) is 0 Å². The molecule has 0 aromatic carbocycles. The molecule has 0 aliphatic rings. The van der Waals surface area contributed by atoms with Gasteiger partial charge >= 0.3 is 0 Å². The first-order chi connectivity index (χ1) is 3.41. The topological polar surface area (TPSA) is 60.1 Å². The van der Waals surface area contributed by atoms with Crippen LogP contribution in [0, 0.1) is 0 Å². The molecule has 0 unspecified atom stereocenters. The van der Waals surface area contributed by atoms with E-state index >= 15 is 0 Å². The Balaban J connectivity index is 2.45. The molecule has 44 valence electrons. The summed E-state index contributed by atoms with van der Waals surface area (Å²) in [6, 6.07) is 0. The molecule has 0 fully saturated rings. The number of nitrogens with one attached hydrogen (secondary N) is 5. The number of hydrogen-bond acceptors (Lipinski definition) is 5. The first-order valence-electron chi connectivity index (χ1n) is 2.00. The quantitative estimate of drug-likeness (QED) is 0.208. The highest BCUT2D eigenvalue weighted by Crippen LogP contribution is 1.19. The van der Waals surface area contributed by atoms with E-state index in [0.717, 1.165) is 0 Å². The highest BCUT2D eigenvalue weighted by atomic mass is 15.8. The Bertz CT molecular complexity index is 25.3. The SMILES string of the molecule is CNNNNNC. The number of rotatable bonds is 4. The molecule has 0 aromatic heterocycles. The molecule has 0 spiro atoms. The Kier molecular flexibility index (Phi) is 5.63. The zero-order chi connectivity index (χ0) is 5.54. The van der Waals surface area contributed by atoms with E-state index < -0.39 is 0 Å². The monoisotopic (exact) mass is 105 g/mol. The third-order valence-corrected chi connectivity index (χ3v) is 0.375. The summed E-state index contributed by atoms with van der Waals surface area (Å²) in [7, 11) is 3.51. The Hall–Kier alpha value is -0.200. The van der Waals surface area contributed by atoms with Crippen LogP contribution in [-0.2, 0) is 0 Å². The van der Waals surface area contributed by atoms with Crippen LogP contribution in [0.4, 0.5) is 0 Å². The van der Waals surface area contributed by atoms with Crippen LogP contribution in [0.2, 0.25) is 0 Å². The molecule has 5 N–H and O–H groups in total. The van der Waals surface area contributed by atoms with Gasteiger partial charge in [-0.25, -0.2) is 10.9 Å². The fourth-order valence-corrected chi connectivity index (χ4v) is 0.156. The minimum atomic E-state index is 1.75. The molecule has 0 bridgehead atoms. The molecule has 0 saturated heterocycles. The standard InChI is InChI=1S/C2H11N5/c1-3-5-7-6-4-2/h3-7H,1-2H3. The second-order valence-electron chi connectivity index (χ2n) is 0.875. The minimum absolute atomic E-state index is 1.75. The largest absolute Gasteiger partial charge is 0.246 e. The van der Waals surface area contributed by atoms with E-state index in [1.165, 1.54) is 0 Å². The third-order valence-electron chi connectivity index (χ3n) is 0.375. The van der Waals surface area contributed by atoms with Gasteiger partial charge in [-0.3, -0.25) is 0 Å². The maximum Gasteiger partial charge on any atom is -0.000111 e. The predicted octanol–water partition coefficient (Wildman–Crippen LogP) is -2.15. The summed E-state index contributed by atoms with van der Waals surface area (Å²) in [4.78, 5) is 0. The van der Waals surface area contributed by atoms with Crippen LogP contribution < -0.4 is 27.5 Å². The maximum absolute atomic E-state index is 2.64. The van der Waals surface area contributed by atoms with Gasteiger partial charge in [-0.15, -0.1) is 0 Å². The van der Waals surface area contributed by atoms with E-state index in [4.69, 9.17) is 0 Å². The van der Waals surface area contributed by atoms with E-state index in [1.54, 1.807) is 14.1 Å². The van der Waals surface area contributed by atoms with Crippen molar-refractivity contribution in [3.05, 3.63) is 0 Å². The summed E-state index contributed by atoms with van der Waals surface area (Å²) in [5, 5.41) is 0. The molecule has 5 heteroatoms. The van der Waals surface area contributed by atoms with Crippen molar-refractivity contribution in [2.75, 3.05) is 14.1 Å². The summed E-state index contributed by atoms with van der Waals surface area (Å²) in [6.45, 7) is 0. The van der Waals surface area contributed by atoms with Crippen molar-refractivity contribution in [3.63, 3.8) is 0 Å². The number of hydrazine groups is 4. The minimum Gasteiger partial charge on any atom is -0.246 e. The molecule has 0 rings (SSSR count). The molecular formula is C2H11N5. The molecule has 0 aromatic rings. The lowest BCUT2D eigenvalue weighted by atomic mass is 11.5. The van der Waals surface area contributed by atoms with Crippen molar-refractivity contribution in [1.29, 1.82) is 0 Å². The average molecular weight is 105 g/mol. The van der Waals surface area contributed by atoms with Crippen LogP contribution in [0.1, 0.15) is 0 Å². The van der Waals surface area contributed by atoms with Crippen LogP contribution in [0.3, 0.4) is 0 Å². The second-order valence-corrected chi connectivity index (χ2v) is 0.875. The van der Waals surface area contributed by atoms with Crippen LogP contribution in [0.15, 0.2) is 0 Å². The fourth-order valence-electron chi connectivity index (χ4n) is 0.156. The lowest BCUT2D eigenvalue weighted by Gasteiger charge is -2.03. The van der Waals surface area contributed by atoms with Crippen molar-refractivity contribution >= 4 is 0 Å². The lowest BCUT2D eigenvalue weighted by Crippen LogP contribution is -2.53. The molecule has 0 saturated carbocycles. The van der Waals surface area contributed by atoms with E-state index in [2.05, 4.69) is 27.5 Å². The van der Waals surface area contributed by atoms with E-state index in [1.807, 2.05) is 0 Å². The number of hydrogen-bond donors (Lipinski definition) is 5. The molecule has 5 nitrogen and oxygen atoms in total. The van der Waals surface area contributed by atoms with Gasteiger partial charge < -0.3 is 0 Å². The first-order valence-corrected chi connectivity index (χ1v) is 2.00. The fraction of sp³-hybridized carbons (Fsp3) is 1.00. The van der Waals surface area contributed by atoms with Gasteiger partial charge in [-0.1, -0.05) is 0 Å². The van der Waals surface area contributed by atoms with Gasteiger partial charge in [0.1, 0.15) is 0 Å². The molecule has 7 heavy (non-hydrogen) atoms. The van der Waals surface area contributed by atoms with Gasteiger partial charge in [-0.05, 0) is 14.1 Å². The molecular weight excluding hydrogens is 94.1 g/mol. The first kappa shape index (κ1) is 6.80. The Morgan fingerprint density at radius 1 is 0.714 bits per heavy atom. The van der Waals surface area contributed by atoms with Crippen LogP contribution >= 0.6 is 0 Å². The van der Waals surface area contributed by atoms with Gasteiger partial charge in [-0.2, -0.15) is 16.6 Å². The smallest absolute Gasteiger partial charge is 0.000111 e. The van der Waals surface area contributed by atoms with Crippen molar-refractivity contribution in [2.24, 2.45) is 0 Å². The predicted molar refractivity (Wildman–Crippen MR) is 27.5 cm³/mol. The zero-order valence-corrected chi connectivity index (χ0v) is 4.50. The van der Waals surface area contributed by atoms with E-state index in [-0.39, 0.29) is 0 Å². The van der Waals surface area contributed by atoms with Gasteiger partial charge in [0.15, 0.2) is 0 Å². The molecule has 0 amide bonds. The summed E-state index contributed by atoms with van der Waals surface area (Å²) in [5.41, 5.74) is 13.0. The summed E-state index contributed by atoms with van der Waals surface area (Å²) in [6.07, 6.45) is 0. The van der Waals surface area contributed by atoms with Crippen LogP contribution in [-0.4, -0.2) is 14.1 Å². The summed E-state index contributed by atoms with van der Waals surface area (Å²) in [5.74, 6) is 0. The van der Waals surface area contributed by atoms with Gasteiger partial charge in [0.25, 0.3) is 0 Å². The molecule has 0 aliphatic heterocycles. The van der Waals surface area contributed by atoms with Crippen molar-refractivity contribution in [1.82, 2.24) is 27.5 Å². The highest BCUT2D eigenvalue weighted by molar-refractivity contribution is 4.09. The summed E-state index contributed by atoms with van der Waals surface area (Å²) >= 11 is 0. The van der Waals surface area contributed by atoms with Gasteiger partial charge in [0.2, 0.25) is 0 Å². The Morgan fingerprint density at radius 2 is 1.14 bits per heavy atom. The van der Waals surface area contributed by atoms with E-state index in [0.29, 0.717) is 0 Å². The molecule has 0 aliphatic carbocycles. The third kappa shape index (κ3) is 5.80. The molecule has 0 atom stereocenters. The van der Waals surface area contributed by atoms with Gasteiger partial charge in [0.05, 0.1) is 0 Å².